The fourth-order valence-corrected chi connectivity index (χ4v) is 6.30. The van der Waals surface area contributed by atoms with Crippen LogP contribution in [0.5, 0.6) is 5.75 Å². The van der Waals surface area contributed by atoms with Crippen molar-refractivity contribution in [1.82, 2.24) is 9.13 Å². The van der Waals surface area contributed by atoms with Crippen molar-refractivity contribution in [2.75, 3.05) is 13.2 Å². The van der Waals surface area contributed by atoms with E-state index >= 15 is 0 Å². The zero-order valence-corrected chi connectivity index (χ0v) is 25.1. The Hall–Kier alpha value is -4.96. The number of hydrogen-bond acceptors (Lipinski definition) is 7. The van der Waals surface area contributed by atoms with Crippen LogP contribution >= 0.6 is 11.3 Å². The minimum Gasteiger partial charge on any atom is -0.490 e. The van der Waals surface area contributed by atoms with Crippen LogP contribution < -0.4 is 19.6 Å². The van der Waals surface area contributed by atoms with Crippen LogP contribution in [0.4, 0.5) is 0 Å². The number of aromatic carboxylic acids is 1. The lowest BCUT2D eigenvalue weighted by molar-refractivity contribution is -0.139. The summed E-state index contributed by atoms with van der Waals surface area (Å²) in [5, 5.41) is 9.46. The Bertz CT molecular complexity index is 1960. The number of carboxylic acids is 1. The highest BCUT2D eigenvalue weighted by Gasteiger charge is 2.33. The Morgan fingerprint density at radius 1 is 1.12 bits per heavy atom. The van der Waals surface area contributed by atoms with Gasteiger partial charge in [-0.1, -0.05) is 42.2 Å². The van der Waals surface area contributed by atoms with Gasteiger partial charge in [0.1, 0.15) is 12.4 Å². The third kappa shape index (κ3) is 5.61. The number of benzene rings is 2. The van der Waals surface area contributed by atoms with Crippen molar-refractivity contribution >= 4 is 29.4 Å². The predicted octanol–water partition coefficient (Wildman–Crippen LogP) is 4.47. The van der Waals surface area contributed by atoms with Gasteiger partial charge in [0.2, 0.25) is 0 Å². The summed E-state index contributed by atoms with van der Waals surface area (Å²) in [6.45, 7) is 11.5. The number of nitrogens with zero attached hydrogens (tertiary/aromatic N) is 3. The molecule has 1 N–H and O–H groups in total. The Kier molecular flexibility index (Phi) is 8.31. The Morgan fingerprint density at radius 3 is 2.53 bits per heavy atom. The minimum absolute atomic E-state index is 0.187. The van der Waals surface area contributed by atoms with E-state index < -0.39 is 18.0 Å². The molecular weight excluding hydrogens is 566 g/mol. The van der Waals surface area contributed by atoms with Crippen molar-refractivity contribution in [3.8, 4) is 11.4 Å². The normalized spacial score (nSPS) is 14.7. The number of carbonyl (C=O) groups excluding carboxylic acids is 1. The zero-order chi connectivity index (χ0) is 30.8. The number of aryl methyl sites for hydroxylation is 1. The number of esters is 1. The van der Waals surface area contributed by atoms with E-state index in [1.807, 2.05) is 48.8 Å². The third-order valence-corrected chi connectivity index (χ3v) is 8.17. The lowest BCUT2D eigenvalue weighted by Crippen LogP contribution is -2.39. The second-order valence-corrected chi connectivity index (χ2v) is 11.0. The second-order valence-electron chi connectivity index (χ2n) is 9.99. The van der Waals surface area contributed by atoms with Gasteiger partial charge in [-0.15, -0.1) is 0 Å². The molecule has 43 heavy (non-hydrogen) atoms. The molecule has 2 aromatic carbocycles. The van der Waals surface area contributed by atoms with Crippen molar-refractivity contribution < 1.29 is 24.2 Å². The number of aromatic nitrogens is 2. The minimum atomic E-state index is -1.00. The molecule has 0 radical (unpaired) electrons. The number of fused-ring (bicyclic) bond motifs is 1. The monoisotopic (exact) mass is 597 g/mol. The average Bonchev–Trinajstić information content (AvgIpc) is 3.44. The highest BCUT2D eigenvalue weighted by molar-refractivity contribution is 7.07. The van der Waals surface area contributed by atoms with Crippen LogP contribution in [0.3, 0.4) is 0 Å². The first-order valence-electron chi connectivity index (χ1n) is 13.7. The first kappa shape index (κ1) is 29.5. The van der Waals surface area contributed by atoms with Crippen molar-refractivity contribution in [2.24, 2.45) is 4.99 Å². The summed E-state index contributed by atoms with van der Waals surface area (Å²) >= 11 is 1.25. The molecule has 1 aliphatic heterocycles. The summed E-state index contributed by atoms with van der Waals surface area (Å²) < 4.78 is 15.0. The lowest BCUT2D eigenvalue weighted by atomic mass is 9.96. The summed E-state index contributed by atoms with van der Waals surface area (Å²) in [5.74, 6) is -0.891. The largest absolute Gasteiger partial charge is 0.490 e. The molecule has 2 aromatic heterocycles. The Balaban J connectivity index is 1.65. The van der Waals surface area contributed by atoms with Gasteiger partial charge in [-0.3, -0.25) is 9.36 Å². The van der Waals surface area contributed by atoms with Gasteiger partial charge >= 0.3 is 11.9 Å². The summed E-state index contributed by atoms with van der Waals surface area (Å²) in [7, 11) is 0. The van der Waals surface area contributed by atoms with E-state index in [0.717, 1.165) is 17.0 Å². The second kappa shape index (κ2) is 12.1. The SMILES string of the molecule is C=CCOc1ccc([C@H]2C(C(=O)OCC)=C(C)N=c3s/c(=C\c4cc(C)n(-c5cccc(C(=O)O)c5)c4C)c(=O)n32)cc1. The smallest absolute Gasteiger partial charge is 0.338 e. The van der Waals surface area contributed by atoms with Gasteiger partial charge in [-0.05, 0) is 81.3 Å². The molecule has 0 aliphatic carbocycles. The van der Waals surface area contributed by atoms with Crippen LogP contribution in [-0.2, 0) is 9.53 Å². The first-order chi connectivity index (χ1) is 20.6. The number of rotatable bonds is 9. The van der Waals surface area contributed by atoms with Crippen molar-refractivity contribution in [1.29, 1.82) is 0 Å². The van der Waals surface area contributed by atoms with Crippen LogP contribution in [0.1, 0.15) is 52.8 Å². The molecule has 5 rings (SSSR count). The molecule has 0 unspecified atom stereocenters. The summed E-state index contributed by atoms with van der Waals surface area (Å²) in [6, 6.07) is 15.2. The van der Waals surface area contributed by atoms with Crippen molar-refractivity contribution in [3.63, 3.8) is 0 Å². The summed E-state index contributed by atoms with van der Waals surface area (Å²) in [5.41, 5.74) is 4.67. The fourth-order valence-electron chi connectivity index (χ4n) is 5.26. The van der Waals surface area contributed by atoms with E-state index in [1.54, 1.807) is 54.8 Å². The maximum atomic E-state index is 14.0. The standard InChI is InChI=1S/C33H31N3O6S/c1-6-15-42-26-13-11-22(12-14-26)29-28(32(40)41-7-2)20(4)34-33-36(29)30(37)27(43-33)18-24-16-19(3)35(21(24)5)25-10-8-9-23(17-25)31(38)39/h6,8-14,16-18,29H,1,7,15H2,2-5H3,(H,38,39)/b27-18-/t29-/m0/s1. The average molecular weight is 598 g/mol. The fraction of sp³-hybridized carbons (Fsp3) is 0.212. The lowest BCUT2D eigenvalue weighted by Gasteiger charge is -2.24. The number of carbonyl (C=O) groups is 2. The van der Waals surface area contributed by atoms with Gasteiger partial charge in [0.05, 0.1) is 34.0 Å². The molecule has 1 aliphatic rings. The number of thiazole rings is 1. The van der Waals surface area contributed by atoms with E-state index in [1.165, 1.54) is 11.3 Å². The molecule has 1 atom stereocenters. The molecule has 0 saturated heterocycles. The van der Waals surface area contributed by atoms with E-state index in [2.05, 4.69) is 11.6 Å². The molecule has 0 spiro atoms. The molecular formula is C33H31N3O6S. The van der Waals surface area contributed by atoms with Gasteiger partial charge in [0.25, 0.3) is 5.56 Å². The molecule has 0 saturated carbocycles. The molecule has 3 heterocycles. The molecule has 4 aromatic rings. The maximum Gasteiger partial charge on any atom is 0.338 e. The van der Waals surface area contributed by atoms with E-state index in [9.17, 15) is 19.5 Å². The van der Waals surface area contributed by atoms with Crippen LogP contribution in [0.15, 0.2) is 88.3 Å². The van der Waals surface area contributed by atoms with Crippen molar-refractivity contribution in [3.05, 3.63) is 126 Å². The first-order valence-corrected chi connectivity index (χ1v) is 14.5. The Labute approximate surface area is 252 Å². The van der Waals surface area contributed by atoms with Gasteiger partial charge in [-0.25, -0.2) is 14.6 Å². The molecule has 9 nitrogen and oxygen atoms in total. The van der Waals surface area contributed by atoms with Crippen LogP contribution in [0, 0.1) is 13.8 Å². The molecule has 0 fully saturated rings. The predicted molar refractivity (Wildman–Crippen MR) is 165 cm³/mol. The number of ether oxygens (including phenoxy) is 2. The van der Waals surface area contributed by atoms with E-state index in [-0.39, 0.29) is 17.7 Å². The Morgan fingerprint density at radius 2 is 1.86 bits per heavy atom. The number of allylic oxidation sites excluding steroid dienone is 1. The van der Waals surface area contributed by atoms with Gasteiger partial charge in [0.15, 0.2) is 4.80 Å². The highest BCUT2D eigenvalue weighted by Crippen LogP contribution is 2.32. The number of carboxylic acid groups (broad SMARTS) is 1. The molecule has 0 bridgehead atoms. The number of hydrogen-bond donors (Lipinski definition) is 1. The van der Waals surface area contributed by atoms with E-state index in [4.69, 9.17) is 9.47 Å². The van der Waals surface area contributed by atoms with Crippen molar-refractivity contribution in [2.45, 2.75) is 33.7 Å². The zero-order valence-electron chi connectivity index (χ0n) is 24.3. The maximum absolute atomic E-state index is 14.0. The molecule has 0 amide bonds. The van der Waals surface area contributed by atoms with Gasteiger partial charge in [-0.2, -0.15) is 0 Å². The summed E-state index contributed by atoms with van der Waals surface area (Å²) in [4.78, 5) is 43.9. The van der Waals surface area contributed by atoms with Crippen LogP contribution in [0.2, 0.25) is 0 Å². The van der Waals surface area contributed by atoms with Gasteiger partial charge < -0.3 is 19.1 Å². The third-order valence-electron chi connectivity index (χ3n) is 7.19. The van der Waals surface area contributed by atoms with Gasteiger partial charge in [0, 0.05) is 17.1 Å². The quantitative estimate of drug-likeness (QED) is 0.225. The topological polar surface area (TPSA) is 112 Å². The highest BCUT2D eigenvalue weighted by atomic mass is 32.1. The van der Waals surface area contributed by atoms with Crippen LogP contribution in [0.25, 0.3) is 11.8 Å². The van der Waals surface area contributed by atoms with E-state index in [0.29, 0.717) is 44.2 Å². The van der Waals surface area contributed by atoms with Crippen LogP contribution in [-0.4, -0.2) is 39.4 Å². The summed E-state index contributed by atoms with van der Waals surface area (Å²) in [6.07, 6.45) is 3.47. The molecule has 220 valence electrons. The molecule has 10 heteroatoms.